The second-order valence-electron chi connectivity index (χ2n) is 12.0. The van der Waals surface area contributed by atoms with Crippen LogP contribution in [0, 0.1) is 17.8 Å². The van der Waals surface area contributed by atoms with E-state index in [2.05, 4.69) is 27.6 Å². The molecule has 0 aromatic heterocycles. The van der Waals surface area contributed by atoms with E-state index in [1.165, 1.54) is 6.92 Å². The zero-order valence-electron chi connectivity index (χ0n) is 22.0. The average Bonchev–Trinajstić information content (AvgIpc) is 3.51. The van der Waals surface area contributed by atoms with Crippen LogP contribution >= 0.6 is 0 Å². The van der Waals surface area contributed by atoms with E-state index in [4.69, 9.17) is 0 Å². The number of piperidine rings is 2. The van der Waals surface area contributed by atoms with Crippen molar-refractivity contribution in [3.63, 3.8) is 0 Å². The number of carbonyl (C=O) groups excluding carboxylic acids is 2. The second kappa shape index (κ2) is 10.9. The Morgan fingerprint density at radius 2 is 1.50 bits per heavy atom. The van der Waals surface area contributed by atoms with Crippen LogP contribution in [0.4, 0.5) is 0 Å². The maximum atomic E-state index is 13.4. The number of rotatable bonds is 5. The predicted molar refractivity (Wildman–Crippen MR) is 138 cm³/mol. The van der Waals surface area contributed by atoms with Gasteiger partial charge in [-0.2, -0.15) is 0 Å². The average molecular weight is 524 g/mol. The van der Waals surface area contributed by atoms with Gasteiger partial charge in [-0.15, -0.1) is 0 Å². The maximum absolute atomic E-state index is 13.4. The molecule has 4 unspecified atom stereocenters. The number of nitrogens with one attached hydrogen (secondary N) is 2. The van der Waals surface area contributed by atoms with Gasteiger partial charge in [0, 0.05) is 57.8 Å². The molecule has 204 valence electrons. The molecule has 0 aromatic rings. The highest BCUT2D eigenvalue weighted by atomic mass is 32.2. The number of hydrogen-bond acceptors (Lipinski definition) is 6. The van der Waals surface area contributed by atoms with E-state index in [1.807, 2.05) is 0 Å². The third-order valence-corrected chi connectivity index (χ3v) is 12.1. The molecule has 9 nitrogen and oxygen atoms in total. The summed E-state index contributed by atoms with van der Waals surface area (Å²) in [6, 6.07) is 0.543. The van der Waals surface area contributed by atoms with Crippen LogP contribution in [-0.2, 0) is 19.6 Å². The van der Waals surface area contributed by atoms with Gasteiger partial charge in [0.2, 0.25) is 21.8 Å². The number of hydrazine groups is 1. The molecule has 4 aliphatic heterocycles. The van der Waals surface area contributed by atoms with E-state index >= 15 is 0 Å². The Balaban J connectivity index is 1.14. The first-order chi connectivity index (χ1) is 17.2. The minimum Gasteiger partial charge on any atom is -0.354 e. The van der Waals surface area contributed by atoms with Gasteiger partial charge in [0.25, 0.3) is 0 Å². The van der Waals surface area contributed by atoms with Crippen molar-refractivity contribution in [2.45, 2.75) is 101 Å². The minimum absolute atomic E-state index is 0.0268. The molecular formula is C26H45N5O4S. The van der Waals surface area contributed by atoms with Crippen molar-refractivity contribution in [3.8, 4) is 0 Å². The molecule has 36 heavy (non-hydrogen) atoms. The van der Waals surface area contributed by atoms with Crippen LogP contribution in [0.15, 0.2) is 0 Å². The zero-order valence-corrected chi connectivity index (χ0v) is 22.8. The summed E-state index contributed by atoms with van der Waals surface area (Å²) in [4.78, 5) is 26.7. The van der Waals surface area contributed by atoms with Crippen molar-refractivity contribution in [1.29, 1.82) is 0 Å². The molecule has 1 aliphatic carbocycles. The maximum Gasteiger partial charge on any atom is 0.228 e. The monoisotopic (exact) mass is 523 g/mol. The molecule has 5 rings (SSSR count). The zero-order chi connectivity index (χ0) is 25.4. The number of hydrogen-bond donors (Lipinski definition) is 2. The highest BCUT2D eigenvalue weighted by Crippen LogP contribution is 2.41. The Morgan fingerprint density at radius 1 is 0.861 bits per heavy atom. The molecule has 5 aliphatic rings. The molecule has 0 spiro atoms. The lowest BCUT2D eigenvalue weighted by Gasteiger charge is -2.43. The molecule has 0 bridgehead atoms. The predicted octanol–water partition coefficient (Wildman–Crippen LogP) is 1.70. The Labute approximate surface area is 216 Å². The van der Waals surface area contributed by atoms with E-state index in [9.17, 15) is 18.0 Å². The first-order valence-corrected chi connectivity index (χ1v) is 15.8. The molecule has 2 amide bonds. The number of amides is 2. The summed E-state index contributed by atoms with van der Waals surface area (Å²) in [5.74, 6) is 1.41. The van der Waals surface area contributed by atoms with Gasteiger partial charge in [-0.1, -0.05) is 0 Å². The lowest BCUT2D eigenvalue weighted by molar-refractivity contribution is -0.136. The lowest BCUT2D eigenvalue weighted by Crippen LogP contribution is -2.50. The Morgan fingerprint density at radius 3 is 2.14 bits per heavy atom. The van der Waals surface area contributed by atoms with Gasteiger partial charge in [0.1, 0.15) is 0 Å². The number of fused-ring (bicyclic) bond motifs is 1. The molecule has 2 N–H and O–H groups in total. The highest BCUT2D eigenvalue weighted by molar-refractivity contribution is 7.89. The lowest BCUT2D eigenvalue weighted by atomic mass is 9.74. The van der Waals surface area contributed by atoms with Crippen LogP contribution in [-0.4, -0.2) is 90.5 Å². The first kappa shape index (κ1) is 26.4. The van der Waals surface area contributed by atoms with Gasteiger partial charge in [-0.3, -0.25) is 15.0 Å². The fourth-order valence-corrected chi connectivity index (χ4v) is 9.77. The number of carbonyl (C=O) groups is 2. The van der Waals surface area contributed by atoms with Gasteiger partial charge in [-0.05, 0) is 83.0 Å². The summed E-state index contributed by atoms with van der Waals surface area (Å²) in [5, 5.41) is 4.96. The Kier molecular flexibility index (Phi) is 7.96. The second-order valence-corrected chi connectivity index (χ2v) is 14.2. The third kappa shape index (κ3) is 5.33. The summed E-state index contributed by atoms with van der Waals surface area (Å²) in [7, 11) is -3.29. The molecule has 0 aromatic carbocycles. The van der Waals surface area contributed by atoms with Crippen molar-refractivity contribution in [2.24, 2.45) is 17.8 Å². The standard InChI is InChI=1S/C26H45N5O4S/c1-18-25(26(33)29-12-3-4-13-29)24-17-21(11-16-31(24)28-18)20-9-14-30(15-10-20)36(34,35)23-7-5-22(6-8-23)27-19(2)32/h18,20-25,28H,3-17H2,1-2H3,(H,27,32). The SMILES string of the molecule is CC(=O)NC1CCC(S(=O)(=O)N2CCC(C3CCN4NC(C)C(C(=O)N5CCCC5)C4C3)CC2)CC1. The smallest absolute Gasteiger partial charge is 0.228 e. The van der Waals surface area contributed by atoms with Crippen molar-refractivity contribution < 1.29 is 18.0 Å². The summed E-state index contributed by atoms with van der Waals surface area (Å²) in [5.41, 5.74) is 3.59. The van der Waals surface area contributed by atoms with Gasteiger partial charge in [0.15, 0.2) is 0 Å². The summed E-state index contributed by atoms with van der Waals surface area (Å²) in [6.45, 7) is 7.69. The van der Waals surface area contributed by atoms with Crippen LogP contribution in [0.2, 0.25) is 0 Å². The van der Waals surface area contributed by atoms with Crippen LogP contribution in [0.1, 0.15) is 78.1 Å². The molecular weight excluding hydrogens is 478 g/mol. The molecule has 0 radical (unpaired) electrons. The van der Waals surface area contributed by atoms with Crippen LogP contribution < -0.4 is 10.7 Å². The minimum atomic E-state index is -3.29. The van der Waals surface area contributed by atoms with E-state index in [1.54, 1.807) is 4.31 Å². The highest BCUT2D eigenvalue weighted by Gasteiger charge is 2.49. The van der Waals surface area contributed by atoms with Crippen molar-refractivity contribution in [3.05, 3.63) is 0 Å². The fraction of sp³-hybridized carbons (Fsp3) is 0.923. The molecule has 5 fully saturated rings. The van der Waals surface area contributed by atoms with E-state index in [0.717, 1.165) is 71.0 Å². The Bertz CT molecular complexity index is 907. The van der Waals surface area contributed by atoms with E-state index in [0.29, 0.717) is 43.7 Å². The summed E-state index contributed by atoms with van der Waals surface area (Å²) < 4.78 is 28.5. The molecule has 1 saturated carbocycles. The van der Waals surface area contributed by atoms with Crippen molar-refractivity contribution in [1.82, 2.24) is 25.0 Å². The van der Waals surface area contributed by atoms with Gasteiger partial charge < -0.3 is 10.2 Å². The third-order valence-electron chi connectivity index (χ3n) is 9.74. The molecule has 4 saturated heterocycles. The normalized spacial score (nSPS) is 37.1. The summed E-state index contributed by atoms with van der Waals surface area (Å²) in [6.07, 6.45) is 8.98. The van der Waals surface area contributed by atoms with Crippen LogP contribution in [0.5, 0.6) is 0 Å². The van der Waals surface area contributed by atoms with Gasteiger partial charge in [-0.25, -0.2) is 17.7 Å². The Hall–Kier alpha value is -1.23. The van der Waals surface area contributed by atoms with Crippen molar-refractivity contribution in [2.75, 3.05) is 32.7 Å². The molecule has 10 heteroatoms. The van der Waals surface area contributed by atoms with Crippen LogP contribution in [0.25, 0.3) is 0 Å². The van der Waals surface area contributed by atoms with Gasteiger partial charge >= 0.3 is 0 Å². The number of nitrogens with zero attached hydrogens (tertiary/aromatic N) is 3. The molecule has 4 atom stereocenters. The fourth-order valence-electron chi connectivity index (χ4n) is 7.76. The van der Waals surface area contributed by atoms with Crippen LogP contribution in [0.3, 0.4) is 0 Å². The van der Waals surface area contributed by atoms with Crippen molar-refractivity contribution >= 4 is 21.8 Å². The topological polar surface area (TPSA) is 102 Å². The molecule has 4 heterocycles. The summed E-state index contributed by atoms with van der Waals surface area (Å²) >= 11 is 0. The first-order valence-electron chi connectivity index (χ1n) is 14.3. The number of sulfonamides is 1. The van der Waals surface area contributed by atoms with E-state index in [-0.39, 0.29) is 35.2 Å². The van der Waals surface area contributed by atoms with E-state index < -0.39 is 10.0 Å². The quantitative estimate of drug-likeness (QED) is 0.569. The largest absolute Gasteiger partial charge is 0.354 e. The number of likely N-dealkylation sites (tertiary alicyclic amines) is 1. The van der Waals surface area contributed by atoms with Gasteiger partial charge in [0.05, 0.1) is 11.2 Å².